The first-order valence-electron chi connectivity index (χ1n) is 12.7. The second-order valence-electron chi connectivity index (χ2n) is 8.10. The fraction of sp³-hybridized carbons (Fsp3) is 1.00. The highest BCUT2D eigenvalue weighted by molar-refractivity contribution is 6.60. The third-order valence-electron chi connectivity index (χ3n) is 5.38. The first-order valence-corrected chi connectivity index (χ1v) is 14.6. The zero-order chi connectivity index (χ0) is 20.8. The average molecular weight is 417 g/mol. The molecule has 0 aromatic heterocycles. The number of hydrogen-bond donors (Lipinski definition) is 0. The van der Waals surface area contributed by atoms with E-state index in [-0.39, 0.29) is 0 Å². The highest BCUT2D eigenvalue weighted by atomic mass is 28.4. The highest BCUT2D eigenvalue weighted by Gasteiger charge is 2.39. The van der Waals surface area contributed by atoms with Crippen molar-refractivity contribution in [2.45, 2.75) is 136 Å². The van der Waals surface area contributed by atoms with Crippen molar-refractivity contribution in [3.63, 3.8) is 0 Å². The molecule has 0 unspecified atom stereocenters. The Hall–Kier alpha value is 0.0969. The first-order chi connectivity index (χ1) is 13.7. The normalized spacial score (nSPS) is 12.0. The topological polar surface area (TPSA) is 27.7 Å². The summed E-state index contributed by atoms with van der Waals surface area (Å²) >= 11 is 0. The quantitative estimate of drug-likeness (QED) is 0.124. The molecule has 0 aromatic carbocycles. The molecule has 0 fully saturated rings. The second-order valence-corrected chi connectivity index (χ2v) is 10.8. The van der Waals surface area contributed by atoms with E-state index in [1.165, 1.54) is 83.5 Å². The van der Waals surface area contributed by atoms with E-state index in [9.17, 15) is 0 Å². The second kappa shape index (κ2) is 21.8. The first kappa shape index (κ1) is 28.1. The maximum atomic E-state index is 6.21. The van der Waals surface area contributed by atoms with E-state index < -0.39 is 8.80 Å². The van der Waals surface area contributed by atoms with Crippen LogP contribution in [0.2, 0.25) is 6.04 Å². The Balaban J connectivity index is 3.57. The maximum Gasteiger partial charge on any atom is 0.500 e. The molecule has 3 nitrogen and oxygen atoms in total. The van der Waals surface area contributed by atoms with Crippen molar-refractivity contribution in [3.05, 3.63) is 0 Å². The Morgan fingerprint density at radius 3 is 1.21 bits per heavy atom. The zero-order valence-corrected chi connectivity index (χ0v) is 20.9. The fourth-order valence-electron chi connectivity index (χ4n) is 3.70. The summed E-state index contributed by atoms with van der Waals surface area (Å²) in [7, 11) is -2.42. The van der Waals surface area contributed by atoms with Crippen LogP contribution in [0.25, 0.3) is 0 Å². The van der Waals surface area contributed by atoms with E-state index in [0.717, 1.165) is 31.9 Å². The molecule has 0 bridgehead atoms. The SMILES string of the molecule is CCCCCCCCCCCCCCCCO[Si](CCCC)(OCC)OCC. The Morgan fingerprint density at radius 2 is 0.821 bits per heavy atom. The van der Waals surface area contributed by atoms with Crippen molar-refractivity contribution in [1.29, 1.82) is 0 Å². The van der Waals surface area contributed by atoms with Crippen molar-refractivity contribution >= 4 is 8.80 Å². The van der Waals surface area contributed by atoms with Crippen molar-refractivity contribution in [2.24, 2.45) is 0 Å². The molecule has 0 aliphatic rings. The summed E-state index contributed by atoms with van der Waals surface area (Å²) in [6.45, 7) is 10.8. The molecule has 0 saturated carbocycles. The van der Waals surface area contributed by atoms with Gasteiger partial charge in [-0.15, -0.1) is 0 Å². The van der Waals surface area contributed by atoms with Gasteiger partial charge in [-0.3, -0.25) is 0 Å². The lowest BCUT2D eigenvalue weighted by Gasteiger charge is -2.29. The van der Waals surface area contributed by atoms with Gasteiger partial charge in [-0.05, 0) is 26.7 Å². The van der Waals surface area contributed by atoms with E-state index in [1.807, 2.05) is 13.8 Å². The fourth-order valence-corrected chi connectivity index (χ4v) is 6.50. The van der Waals surface area contributed by atoms with E-state index in [1.54, 1.807) is 0 Å². The van der Waals surface area contributed by atoms with Crippen molar-refractivity contribution in [3.8, 4) is 0 Å². The van der Waals surface area contributed by atoms with Gasteiger partial charge < -0.3 is 13.3 Å². The van der Waals surface area contributed by atoms with Gasteiger partial charge in [0.05, 0.1) is 0 Å². The molecule has 0 aromatic rings. The molecular formula is C24H52O3Si. The van der Waals surface area contributed by atoms with Crippen molar-refractivity contribution in [2.75, 3.05) is 19.8 Å². The Kier molecular flexibility index (Phi) is 21.9. The summed E-state index contributed by atoms with van der Waals surface area (Å²) in [4.78, 5) is 0. The van der Waals surface area contributed by atoms with Crippen LogP contribution in [0.3, 0.4) is 0 Å². The molecular weight excluding hydrogens is 364 g/mol. The Labute approximate surface area is 178 Å². The number of rotatable bonds is 23. The zero-order valence-electron chi connectivity index (χ0n) is 19.9. The van der Waals surface area contributed by atoms with Crippen LogP contribution in [0.1, 0.15) is 130 Å². The van der Waals surface area contributed by atoms with Crippen LogP contribution in [0.15, 0.2) is 0 Å². The highest BCUT2D eigenvalue weighted by Crippen LogP contribution is 2.20. The molecule has 0 spiro atoms. The van der Waals surface area contributed by atoms with Gasteiger partial charge in [-0.1, -0.05) is 104 Å². The van der Waals surface area contributed by atoms with Gasteiger partial charge >= 0.3 is 8.80 Å². The smallest absolute Gasteiger partial charge is 0.374 e. The average Bonchev–Trinajstić information content (AvgIpc) is 2.69. The molecule has 0 N–H and O–H groups in total. The minimum Gasteiger partial charge on any atom is -0.374 e. The predicted octanol–water partition coefficient (Wildman–Crippen LogP) is 8.30. The molecule has 4 heteroatoms. The summed E-state index contributed by atoms with van der Waals surface area (Å²) in [5, 5.41) is 0. The van der Waals surface area contributed by atoms with Crippen molar-refractivity contribution < 1.29 is 13.3 Å². The Bertz CT molecular complexity index is 294. The van der Waals surface area contributed by atoms with Crippen LogP contribution in [-0.4, -0.2) is 28.6 Å². The monoisotopic (exact) mass is 416 g/mol. The number of hydrogen-bond acceptors (Lipinski definition) is 3. The lowest BCUT2D eigenvalue weighted by molar-refractivity contribution is 0.0651. The summed E-state index contributed by atoms with van der Waals surface area (Å²) in [6.07, 6.45) is 21.7. The molecule has 170 valence electrons. The third-order valence-corrected chi connectivity index (χ3v) is 8.45. The predicted molar refractivity (Wildman–Crippen MR) is 125 cm³/mol. The maximum absolute atomic E-state index is 6.21. The standard InChI is InChI=1S/C24H52O3Si/c1-5-9-11-12-13-14-15-16-17-18-19-20-21-22-23-27-28(25-7-3,26-8-4)24-10-6-2/h5-24H2,1-4H3. The molecule has 0 heterocycles. The van der Waals surface area contributed by atoms with Gasteiger partial charge in [0.25, 0.3) is 0 Å². The molecule has 28 heavy (non-hydrogen) atoms. The van der Waals surface area contributed by atoms with Crippen LogP contribution in [0.5, 0.6) is 0 Å². The molecule has 0 rings (SSSR count). The lowest BCUT2D eigenvalue weighted by atomic mass is 10.0. The van der Waals surface area contributed by atoms with E-state index in [0.29, 0.717) is 13.2 Å². The molecule has 0 atom stereocenters. The number of unbranched alkanes of at least 4 members (excludes halogenated alkanes) is 14. The largest absolute Gasteiger partial charge is 0.500 e. The lowest BCUT2D eigenvalue weighted by Crippen LogP contribution is -2.46. The summed E-state index contributed by atoms with van der Waals surface area (Å²) < 4.78 is 18.2. The molecule has 0 amide bonds. The minimum absolute atomic E-state index is 0.689. The van der Waals surface area contributed by atoms with Gasteiger partial charge in [-0.25, -0.2) is 0 Å². The van der Waals surface area contributed by atoms with Gasteiger partial charge in [-0.2, -0.15) is 0 Å². The van der Waals surface area contributed by atoms with Crippen LogP contribution in [0.4, 0.5) is 0 Å². The van der Waals surface area contributed by atoms with E-state index in [4.69, 9.17) is 13.3 Å². The third kappa shape index (κ3) is 17.0. The van der Waals surface area contributed by atoms with E-state index >= 15 is 0 Å². The van der Waals surface area contributed by atoms with E-state index in [2.05, 4.69) is 13.8 Å². The van der Waals surface area contributed by atoms with Crippen LogP contribution < -0.4 is 0 Å². The molecule has 0 radical (unpaired) electrons. The molecule has 0 aliphatic heterocycles. The minimum atomic E-state index is -2.42. The Morgan fingerprint density at radius 1 is 0.429 bits per heavy atom. The van der Waals surface area contributed by atoms with Crippen LogP contribution in [-0.2, 0) is 13.3 Å². The summed E-state index contributed by atoms with van der Waals surface area (Å²) in [5.41, 5.74) is 0. The van der Waals surface area contributed by atoms with Gasteiger partial charge in [0.2, 0.25) is 0 Å². The van der Waals surface area contributed by atoms with Gasteiger partial charge in [0.1, 0.15) is 0 Å². The molecule has 0 aliphatic carbocycles. The molecule has 0 saturated heterocycles. The van der Waals surface area contributed by atoms with Gasteiger partial charge in [0.15, 0.2) is 0 Å². The van der Waals surface area contributed by atoms with Gasteiger partial charge in [0, 0.05) is 25.9 Å². The van der Waals surface area contributed by atoms with Crippen LogP contribution >= 0.6 is 0 Å². The van der Waals surface area contributed by atoms with Crippen LogP contribution in [0, 0.1) is 0 Å². The van der Waals surface area contributed by atoms with Crippen molar-refractivity contribution in [1.82, 2.24) is 0 Å². The summed E-state index contributed by atoms with van der Waals surface area (Å²) in [5.74, 6) is 0. The summed E-state index contributed by atoms with van der Waals surface area (Å²) in [6, 6.07) is 0.962.